The Morgan fingerprint density at radius 2 is 2.32 bits per heavy atom. The lowest BCUT2D eigenvalue weighted by Gasteiger charge is -2.09. The van der Waals surface area contributed by atoms with Crippen molar-refractivity contribution < 1.29 is 5.11 Å². The Labute approximate surface area is 114 Å². The molecule has 0 spiro atoms. The molecule has 0 fully saturated rings. The number of nitrogens with two attached hydrogens (primary N) is 1. The van der Waals surface area contributed by atoms with Gasteiger partial charge in [0.1, 0.15) is 11.9 Å². The van der Waals surface area contributed by atoms with Gasteiger partial charge in [-0.3, -0.25) is 4.98 Å². The van der Waals surface area contributed by atoms with Crippen LogP contribution in [0.1, 0.15) is 23.7 Å². The van der Waals surface area contributed by atoms with Crippen LogP contribution in [-0.4, -0.2) is 19.6 Å². The molecule has 19 heavy (non-hydrogen) atoms. The molecule has 3 aromatic rings. The number of hydrogen-bond acceptors (Lipinski definition) is 5. The average molecular weight is 274 g/mol. The minimum atomic E-state index is -0.624. The molecule has 0 saturated carbocycles. The molecule has 1 aromatic carbocycles. The third kappa shape index (κ3) is 2.20. The summed E-state index contributed by atoms with van der Waals surface area (Å²) in [5.41, 5.74) is 10.0. The second-order valence-electron chi connectivity index (χ2n) is 4.45. The summed E-state index contributed by atoms with van der Waals surface area (Å²) < 4.78 is 2.01. The van der Waals surface area contributed by atoms with Gasteiger partial charge in [-0.2, -0.15) is 0 Å². The summed E-state index contributed by atoms with van der Waals surface area (Å²) in [6, 6.07) is 5.61. The number of fused-ring (bicyclic) bond motifs is 1. The van der Waals surface area contributed by atoms with E-state index in [0.717, 1.165) is 15.9 Å². The van der Waals surface area contributed by atoms with Gasteiger partial charge in [0.2, 0.25) is 0 Å². The van der Waals surface area contributed by atoms with Gasteiger partial charge in [-0.15, -0.1) is 11.3 Å². The fourth-order valence-corrected chi connectivity index (χ4v) is 2.71. The molecule has 0 bridgehead atoms. The maximum Gasteiger partial charge on any atom is 0.138 e. The monoisotopic (exact) mass is 274 g/mol. The Morgan fingerprint density at radius 3 is 3.00 bits per heavy atom. The molecule has 0 aliphatic heterocycles. The molecule has 5 nitrogen and oxygen atoms in total. The maximum atomic E-state index is 9.88. The van der Waals surface area contributed by atoms with Crippen molar-refractivity contribution in [2.75, 3.05) is 5.73 Å². The minimum absolute atomic E-state index is 0.624. The zero-order chi connectivity index (χ0) is 13.4. The van der Waals surface area contributed by atoms with Crippen LogP contribution in [0.3, 0.4) is 0 Å². The summed E-state index contributed by atoms with van der Waals surface area (Å²) in [4.78, 5) is 9.67. The van der Waals surface area contributed by atoms with E-state index < -0.39 is 6.10 Å². The van der Waals surface area contributed by atoms with E-state index in [2.05, 4.69) is 9.97 Å². The molecular weight excluding hydrogens is 260 g/mol. The second kappa shape index (κ2) is 4.64. The van der Waals surface area contributed by atoms with E-state index in [1.165, 1.54) is 0 Å². The van der Waals surface area contributed by atoms with Crippen LogP contribution in [0.2, 0.25) is 0 Å². The van der Waals surface area contributed by atoms with Gasteiger partial charge in [0, 0.05) is 16.8 Å². The van der Waals surface area contributed by atoms with Crippen molar-refractivity contribution in [1.82, 2.24) is 14.5 Å². The summed E-state index contributed by atoms with van der Waals surface area (Å²) in [7, 11) is 0. The van der Waals surface area contributed by atoms with Crippen LogP contribution in [0.5, 0.6) is 0 Å². The number of thiazole rings is 1. The van der Waals surface area contributed by atoms with Crippen molar-refractivity contribution in [3.05, 3.63) is 40.6 Å². The van der Waals surface area contributed by atoms with Gasteiger partial charge in [-0.1, -0.05) is 0 Å². The van der Waals surface area contributed by atoms with Crippen LogP contribution >= 0.6 is 11.3 Å². The molecule has 0 saturated heterocycles. The third-order valence-corrected chi connectivity index (χ3v) is 3.74. The van der Waals surface area contributed by atoms with E-state index in [9.17, 15) is 5.11 Å². The SMILES string of the molecule is CC(O)c1nc2cc(N)ccc2n1Cc1cncs1. The molecular formula is C13H14N4OS. The summed E-state index contributed by atoms with van der Waals surface area (Å²) >= 11 is 1.59. The Bertz CT molecular complexity index is 703. The van der Waals surface area contributed by atoms with Crippen LogP contribution in [0.4, 0.5) is 5.69 Å². The molecule has 0 aliphatic rings. The Morgan fingerprint density at radius 1 is 1.47 bits per heavy atom. The lowest BCUT2D eigenvalue weighted by Crippen LogP contribution is -2.07. The lowest BCUT2D eigenvalue weighted by molar-refractivity contribution is 0.185. The van der Waals surface area contributed by atoms with Gasteiger partial charge in [-0.25, -0.2) is 4.98 Å². The number of hydrogen-bond donors (Lipinski definition) is 2. The molecule has 2 heterocycles. The summed E-state index contributed by atoms with van der Waals surface area (Å²) in [5, 5.41) is 9.88. The fraction of sp³-hybridized carbons (Fsp3) is 0.231. The third-order valence-electron chi connectivity index (χ3n) is 2.97. The standard InChI is InChI=1S/C13H14N4OS/c1-8(18)13-16-11-4-9(14)2-3-12(11)17(13)6-10-5-15-7-19-10/h2-5,7-8,18H,6,14H2,1H3. The largest absolute Gasteiger partial charge is 0.399 e. The molecule has 2 aromatic heterocycles. The zero-order valence-corrected chi connectivity index (χ0v) is 11.3. The van der Waals surface area contributed by atoms with Crippen LogP contribution in [-0.2, 0) is 6.54 Å². The van der Waals surface area contributed by atoms with Gasteiger partial charge < -0.3 is 15.4 Å². The highest BCUT2D eigenvalue weighted by molar-refractivity contribution is 7.09. The summed E-state index contributed by atoms with van der Waals surface area (Å²) in [6.45, 7) is 2.37. The van der Waals surface area contributed by atoms with Crippen molar-refractivity contribution in [1.29, 1.82) is 0 Å². The van der Waals surface area contributed by atoms with Crippen LogP contribution in [0.15, 0.2) is 29.9 Å². The highest BCUT2D eigenvalue weighted by atomic mass is 32.1. The predicted octanol–water partition coefficient (Wildman–Crippen LogP) is 2.18. The number of imidazole rings is 1. The van der Waals surface area contributed by atoms with Crippen molar-refractivity contribution in [3.8, 4) is 0 Å². The molecule has 0 amide bonds. The van der Waals surface area contributed by atoms with Gasteiger partial charge in [0.25, 0.3) is 0 Å². The fourth-order valence-electron chi connectivity index (χ4n) is 2.13. The molecule has 0 aliphatic carbocycles. The quantitative estimate of drug-likeness (QED) is 0.718. The van der Waals surface area contributed by atoms with Crippen molar-refractivity contribution in [2.24, 2.45) is 0 Å². The summed E-state index contributed by atoms with van der Waals surface area (Å²) in [6.07, 6.45) is 1.21. The first-order chi connectivity index (χ1) is 9.15. The van der Waals surface area contributed by atoms with E-state index in [4.69, 9.17) is 5.73 Å². The molecule has 1 unspecified atom stereocenters. The van der Waals surface area contributed by atoms with Crippen LogP contribution < -0.4 is 5.73 Å². The van der Waals surface area contributed by atoms with Gasteiger partial charge in [-0.05, 0) is 25.1 Å². The van der Waals surface area contributed by atoms with E-state index in [1.54, 1.807) is 23.8 Å². The second-order valence-corrected chi connectivity index (χ2v) is 5.42. The average Bonchev–Trinajstić information content (AvgIpc) is 2.97. The molecule has 98 valence electrons. The normalized spacial score (nSPS) is 12.9. The first kappa shape index (κ1) is 12.1. The number of nitrogen functional groups attached to an aromatic ring is 1. The van der Waals surface area contributed by atoms with Crippen LogP contribution in [0, 0.1) is 0 Å². The van der Waals surface area contributed by atoms with Crippen LogP contribution in [0.25, 0.3) is 11.0 Å². The van der Waals surface area contributed by atoms with E-state index in [1.807, 2.05) is 29.0 Å². The molecule has 0 radical (unpaired) electrons. The van der Waals surface area contributed by atoms with Crippen molar-refractivity contribution >= 4 is 28.1 Å². The Hall–Kier alpha value is -1.92. The molecule has 3 rings (SSSR count). The molecule has 1 atom stereocenters. The number of aliphatic hydroxyl groups excluding tert-OH is 1. The highest BCUT2D eigenvalue weighted by Gasteiger charge is 2.15. The van der Waals surface area contributed by atoms with E-state index in [-0.39, 0.29) is 0 Å². The first-order valence-corrected chi connectivity index (χ1v) is 6.84. The Balaban J connectivity index is 2.16. The van der Waals surface area contributed by atoms with Gasteiger partial charge in [0.05, 0.1) is 23.1 Å². The van der Waals surface area contributed by atoms with Crippen molar-refractivity contribution in [2.45, 2.75) is 19.6 Å². The number of benzene rings is 1. The zero-order valence-electron chi connectivity index (χ0n) is 10.4. The highest BCUT2D eigenvalue weighted by Crippen LogP contribution is 2.24. The smallest absolute Gasteiger partial charge is 0.138 e. The van der Waals surface area contributed by atoms with Gasteiger partial charge >= 0.3 is 0 Å². The summed E-state index contributed by atoms with van der Waals surface area (Å²) in [5.74, 6) is 0.647. The Kier molecular flexibility index (Phi) is 2.96. The van der Waals surface area contributed by atoms with Crippen molar-refractivity contribution in [3.63, 3.8) is 0 Å². The lowest BCUT2D eigenvalue weighted by atomic mass is 10.3. The first-order valence-electron chi connectivity index (χ1n) is 5.96. The predicted molar refractivity (Wildman–Crippen MR) is 76.0 cm³/mol. The van der Waals surface area contributed by atoms with Gasteiger partial charge in [0.15, 0.2) is 0 Å². The molecule has 3 N–H and O–H groups in total. The number of nitrogens with zero attached hydrogens (tertiary/aromatic N) is 3. The minimum Gasteiger partial charge on any atom is -0.399 e. The number of aliphatic hydroxyl groups is 1. The molecule has 6 heteroatoms. The van der Waals surface area contributed by atoms with E-state index in [0.29, 0.717) is 18.1 Å². The number of aromatic nitrogens is 3. The number of anilines is 1. The maximum absolute atomic E-state index is 9.88. The number of rotatable bonds is 3. The van der Waals surface area contributed by atoms with E-state index >= 15 is 0 Å². The topological polar surface area (TPSA) is 77.0 Å².